The van der Waals surface area contributed by atoms with E-state index in [9.17, 15) is 0 Å². The Bertz CT molecular complexity index is 303. The van der Waals surface area contributed by atoms with Crippen LogP contribution in [0.2, 0.25) is 0 Å². The lowest BCUT2D eigenvalue weighted by molar-refractivity contribution is 0.557. The first-order chi connectivity index (χ1) is 8.36. The van der Waals surface area contributed by atoms with Crippen molar-refractivity contribution in [3.8, 4) is 0 Å². The third-order valence-electron chi connectivity index (χ3n) is 3.79. The zero-order valence-electron chi connectivity index (χ0n) is 11.0. The Morgan fingerprint density at radius 1 is 1.18 bits per heavy atom. The fraction of sp³-hybridized carbons (Fsp3) is 0.625. The lowest BCUT2D eigenvalue weighted by Gasteiger charge is -2.12. The highest BCUT2D eigenvalue weighted by atomic mass is 14.8. The molecule has 1 N–H and O–H groups in total. The fourth-order valence-corrected chi connectivity index (χ4v) is 2.31. The molecule has 0 aromatic heterocycles. The number of hydrogen-bond donors (Lipinski definition) is 1. The summed E-state index contributed by atoms with van der Waals surface area (Å²) in [4.78, 5) is 0. The summed E-state index contributed by atoms with van der Waals surface area (Å²) in [5, 5.41) is 3.57. The van der Waals surface area contributed by atoms with Gasteiger partial charge in [0.15, 0.2) is 0 Å². The Morgan fingerprint density at radius 3 is 2.65 bits per heavy atom. The van der Waals surface area contributed by atoms with E-state index in [0.29, 0.717) is 5.92 Å². The first-order valence-corrected chi connectivity index (χ1v) is 7.12. The quantitative estimate of drug-likeness (QED) is 0.668. The minimum absolute atomic E-state index is 0.673. The molecule has 0 bridgehead atoms. The van der Waals surface area contributed by atoms with Gasteiger partial charge in [0.2, 0.25) is 0 Å². The maximum atomic E-state index is 3.57. The van der Waals surface area contributed by atoms with Crippen LogP contribution in [0, 0.1) is 5.92 Å². The Hall–Kier alpha value is -0.820. The zero-order valence-corrected chi connectivity index (χ0v) is 11.0. The molecule has 0 aliphatic heterocycles. The normalized spacial score (nSPS) is 17.0. The van der Waals surface area contributed by atoms with E-state index in [2.05, 4.69) is 42.6 Å². The number of hydrogen-bond acceptors (Lipinski definition) is 1. The Morgan fingerprint density at radius 2 is 1.94 bits per heavy atom. The smallest absolute Gasteiger partial charge is 0.00432 e. The molecule has 0 spiro atoms. The van der Waals surface area contributed by atoms with Gasteiger partial charge in [0.25, 0.3) is 0 Å². The van der Waals surface area contributed by atoms with Crippen LogP contribution in [0.5, 0.6) is 0 Å². The van der Waals surface area contributed by atoms with E-state index in [-0.39, 0.29) is 0 Å². The SMILES string of the molecule is CC(CCNCCCC1CC1)c1ccccc1. The number of benzene rings is 1. The molecule has 2 rings (SSSR count). The van der Waals surface area contributed by atoms with Crippen LogP contribution in [-0.4, -0.2) is 13.1 Å². The summed E-state index contributed by atoms with van der Waals surface area (Å²) in [5.74, 6) is 1.76. The van der Waals surface area contributed by atoms with Crippen molar-refractivity contribution in [3.05, 3.63) is 35.9 Å². The number of nitrogens with one attached hydrogen (secondary N) is 1. The molecule has 1 heteroatoms. The zero-order chi connectivity index (χ0) is 11.9. The third kappa shape index (κ3) is 4.91. The fourth-order valence-electron chi connectivity index (χ4n) is 2.31. The Labute approximate surface area is 106 Å². The van der Waals surface area contributed by atoms with Crippen molar-refractivity contribution >= 4 is 0 Å². The van der Waals surface area contributed by atoms with E-state index in [0.717, 1.165) is 12.5 Å². The van der Waals surface area contributed by atoms with Crippen molar-refractivity contribution < 1.29 is 0 Å². The van der Waals surface area contributed by atoms with Gasteiger partial charge in [0.1, 0.15) is 0 Å². The monoisotopic (exact) mass is 231 g/mol. The van der Waals surface area contributed by atoms with Crippen molar-refractivity contribution in [1.82, 2.24) is 5.32 Å². The Balaban J connectivity index is 1.52. The van der Waals surface area contributed by atoms with Crippen LogP contribution < -0.4 is 5.32 Å². The van der Waals surface area contributed by atoms with Crippen LogP contribution in [0.4, 0.5) is 0 Å². The molecule has 1 aliphatic carbocycles. The summed E-state index contributed by atoms with van der Waals surface area (Å²) >= 11 is 0. The second-order valence-corrected chi connectivity index (χ2v) is 5.44. The van der Waals surface area contributed by atoms with Crippen molar-refractivity contribution in [1.29, 1.82) is 0 Å². The van der Waals surface area contributed by atoms with Gasteiger partial charge < -0.3 is 5.32 Å². The lowest BCUT2D eigenvalue weighted by Crippen LogP contribution is -2.18. The molecule has 1 aromatic rings. The minimum Gasteiger partial charge on any atom is -0.317 e. The maximum Gasteiger partial charge on any atom is -0.00432 e. The molecule has 0 amide bonds. The van der Waals surface area contributed by atoms with Gasteiger partial charge in [-0.1, -0.05) is 50.1 Å². The van der Waals surface area contributed by atoms with Crippen molar-refractivity contribution in [3.63, 3.8) is 0 Å². The van der Waals surface area contributed by atoms with Crippen molar-refractivity contribution in [2.75, 3.05) is 13.1 Å². The predicted molar refractivity (Wildman–Crippen MR) is 74.3 cm³/mol. The first kappa shape index (κ1) is 12.6. The van der Waals surface area contributed by atoms with Crippen LogP contribution in [0.3, 0.4) is 0 Å². The van der Waals surface area contributed by atoms with Crippen molar-refractivity contribution in [2.45, 2.75) is 44.9 Å². The van der Waals surface area contributed by atoms with E-state index in [1.807, 2.05) is 0 Å². The summed E-state index contributed by atoms with van der Waals surface area (Å²) < 4.78 is 0. The Kier molecular flexibility index (Phi) is 5.06. The van der Waals surface area contributed by atoms with Gasteiger partial charge in [-0.3, -0.25) is 0 Å². The molecule has 1 aliphatic rings. The molecule has 17 heavy (non-hydrogen) atoms. The van der Waals surface area contributed by atoms with Gasteiger partial charge in [-0.25, -0.2) is 0 Å². The second kappa shape index (κ2) is 6.80. The average Bonchev–Trinajstić information content (AvgIpc) is 3.18. The van der Waals surface area contributed by atoms with E-state index in [1.54, 1.807) is 0 Å². The van der Waals surface area contributed by atoms with Gasteiger partial charge in [-0.15, -0.1) is 0 Å². The molecule has 1 unspecified atom stereocenters. The van der Waals surface area contributed by atoms with Gasteiger partial charge in [-0.05, 0) is 49.8 Å². The highest BCUT2D eigenvalue weighted by Gasteiger charge is 2.19. The van der Waals surface area contributed by atoms with Crippen LogP contribution in [0.1, 0.15) is 50.5 Å². The summed E-state index contributed by atoms with van der Waals surface area (Å²) in [7, 11) is 0. The summed E-state index contributed by atoms with van der Waals surface area (Å²) in [5.41, 5.74) is 1.47. The minimum atomic E-state index is 0.673. The molecular weight excluding hydrogens is 206 g/mol. The molecule has 0 radical (unpaired) electrons. The van der Waals surface area contributed by atoms with Crippen LogP contribution in [0.25, 0.3) is 0 Å². The highest BCUT2D eigenvalue weighted by molar-refractivity contribution is 5.18. The number of rotatable bonds is 8. The summed E-state index contributed by atoms with van der Waals surface area (Å²) in [6, 6.07) is 10.8. The molecule has 1 atom stereocenters. The largest absolute Gasteiger partial charge is 0.317 e. The standard InChI is InChI=1S/C16H25N/c1-14(16-7-3-2-4-8-16)11-13-17-12-5-6-15-9-10-15/h2-4,7-8,14-15,17H,5-6,9-13H2,1H3. The molecular formula is C16H25N. The molecule has 1 saturated carbocycles. The summed E-state index contributed by atoms with van der Waals surface area (Å²) in [6.45, 7) is 4.68. The average molecular weight is 231 g/mol. The van der Waals surface area contributed by atoms with E-state index < -0.39 is 0 Å². The topological polar surface area (TPSA) is 12.0 Å². The predicted octanol–water partition coefficient (Wildman–Crippen LogP) is 3.96. The van der Waals surface area contributed by atoms with Gasteiger partial charge in [0.05, 0.1) is 0 Å². The lowest BCUT2D eigenvalue weighted by atomic mass is 9.98. The van der Waals surface area contributed by atoms with Crippen molar-refractivity contribution in [2.24, 2.45) is 5.92 Å². The van der Waals surface area contributed by atoms with Crippen LogP contribution in [0.15, 0.2) is 30.3 Å². The second-order valence-electron chi connectivity index (χ2n) is 5.44. The van der Waals surface area contributed by atoms with Gasteiger partial charge >= 0.3 is 0 Å². The highest BCUT2D eigenvalue weighted by Crippen LogP contribution is 2.33. The molecule has 1 nitrogen and oxygen atoms in total. The van der Waals surface area contributed by atoms with E-state index in [1.165, 1.54) is 44.2 Å². The van der Waals surface area contributed by atoms with E-state index in [4.69, 9.17) is 0 Å². The molecule has 94 valence electrons. The maximum absolute atomic E-state index is 3.57. The molecule has 1 fully saturated rings. The van der Waals surface area contributed by atoms with E-state index >= 15 is 0 Å². The first-order valence-electron chi connectivity index (χ1n) is 7.12. The molecule has 1 aromatic carbocycles. The third-order valence-corrected chi connectivity index (χ3v) is 3.79. The molecule has 0 heterocycles. The summed E-state index contributed by atoms with van der Waals surface area (Å²) in [6.07, 6.45) is 7.04. The van der Waals surface area contributed by atoms with Crippen LogP contribution >= 0.6 is 0 Å². The molecule has 0 saturated heterocycles. The van der Waals surface area contributed by atoms with Gasteiger partial charge in [-0.2, -0.15) is 0 Å². The van der Waals surface area contributed by atoms with Gasteiger partial charge in [0, 0.05) is 0 Å². The van der Waals surface area contributed by atoms with Crippen LogP contribution in [-0.2, 0) is 0 Å².